The van der Waals surface area contributed by atoms with E-state index in [1.165, 1.54) is 5.56 Å². The quantitative estimate of drug-likeness (QED) is 0.627. The van der Waals surface area contributed by atoms with Crippen molar-refractivity contribution < 1.29 is 0 Å². The minimum Gasteiger partial charge on any atom is -0.357 e. The summed E-state index contributed by atoms with van der Waals surface area (Å²) in [6.07, 6.45) is 0.883. The zero-order chi connectivity index (χ0) is 16.7. The van der Waals surface area contributed by atoms with E-state index in [0.29, 0.717) is 6.54 Å². The van der Waals surface area contributed by atoms with E-state index in [2.05, 4.69) is 31.9 Å². The fourth-order valence-electron chi connectivity index (χ4n) is 2.10. The van der Waals surface area contributed by atoms with Crippen LogP contribution in [0.25, 0.3) is 0 Å². The molecule has 1 heterocycles. The van der Waals surface area contributed by atoms with Crippen molar-refractivity contribution in [3.05, 3.63) is 46.5 Å². The van der Waals surface area contributed by atoms with Crippen LogP contribution in [0.15, 0.2) is 29.3 Å². The molecular weight excluding hydrogens is 312 g/mol. The number of aromatic nitrogens is 3. The van der Waals surface area contributed by atoms with Gasteiger partial charge in [-0.25, -0.2) is 4.99 Å². The lowest BCUT2D eigenvalue weighted by atomic mass is 10.1. The summed E-state index contributed by atoms with van der Waals surface area (Å²) in [5.74, 6) is 2.50. The van der Waals surface area contributed by atoms with E-state index in [0.717, 1.165) is 42.1 Å². The number of hydrogen-bond acceptors (Lipinski definition) is 3. The summed E-state index contributed by atoms with van der Waals surface area (Å²) in [7, 11) is 1.94. The van der Waals surface area contributed by atoms with Gasteiger partial charge in [0.1, 0.15) is 12.4 Å². The van der Waals surface area contributed by atoms with E-state index < -0.39 is 0 Å². The first-order chi connectivity index (χ1) is 11.1. The van der Waals surface area contributed by atoms with Crippen LogP contribution in [0.3, 0.4) is 0 Å². The fourth-order valence-corrected chi connectivity index (χ4v) is 2.31. The van der Waals surface area contributed by atoms with Gasteiger partial charge >= 0.3 is 0 Å². The second kappa shape index (κ2) is 8.53. The molecule has 2 aromatic rings. The van der Waals surface area contributed by atoms with Gasteiger partial charge in [-0.05, 0) is 38.0 Å². The highest BCUT2D eigenvalue weighted by Gasteiger charge is 2.04. The molecule has 0 aliphatic carbocycles. The Bertz CT molecular complexity index is 664. The Morgan fingerprint density at radius 1 is 1.30 bits per heavy atom. The molecule has 0 saturated heterocycles. The highest BCUT2D eigenvalue weighted by atomic mass is 35.5. The molecule has 6 nitrogen and oxygen atoms in total. The predicted octanol–water partition coefficient (Wildman–Crippen LogP) is 2.07. The minimum absolute atomic E-state index is 0.490. The molecule has 0 radical (unpaired) electrons. The number of halogens is 1. The maximum atomic E-state index is 6.00. The smallest absolute Gasteiger partial charge is 0.191 e. The summed E-state index contributed by atoms with van der Waals surface area (Å²) in [4.78, 5) is 4.55. The summed E-state index contributed by atoms with van der Waals surface area (Å²) in [5, 5.41) is 15.5. The molecule has 0 aliphatic heterocycles. The van der Waals surface area contributed by atoms with Crippen LogP contribution < -0.4 is 10.6 Å². The molecule has 1 aromatic carbocycles. The second-order valence-corrected chi connectivity index (χ2v) is 5.66. The number of benzene rings is 1. The third kappa shape index (κ3) is 5.25. The van der Waals surface area contributed by atoms with Crippen LogP contribution in [0, 0.1) is 6.92 Å². The molecule has 0 unspecified atom stereocenters. The summed E-state index contributed by atoms with van der Waals surface area (Å²) < 4.78 is 1.94. The first kappa shape index (κ1) is 17.3. The number of hydrogen-bond donors (Lipinski definition) is 2. The maximum absolute atomic E-state index is 6.00. The number of rotatable bonds is 6. The van der Waals surface area contributed by atoms with Gasteiger partial charge in [-0.1, -0.05) is 23.7 Å². The predicted molar refractivity (Wildman–Crippen MR) is 93.7 cm³/mol. The SMILES string of the molecule is CCNC(=NCc1nnc(C)n1C)NCCc1cccc(Cl)c1. The van der Waals surface area contributed by atoms with Gasteiger partial charge in [0.15, 0.2) is 11.8 Å². The molecule has 124 valence electrons. The molecular formula is C16H23ClN6. The molecule has 0 fully saturated rings. The zero-order valence-corrected chi connectivity index (χ0v) is 14.6. The normalized spacial score (nSPS) is 11.6. The Hall–Kier alpha value is -2.08. The molecule has 7 heteroatoms. The highest BCUT2D eigenvalue weighted by molar-refractivity contribution is 6.30. The molecule has 0 atom stereocenters. The average molecular weight is 335 g/mol. The van der Waals surface area contributed by atoms with E-state index in [1.807, 2.05) is 43.7 Å². The third-order valence-corrected chi connectivity index (χ3v) is 3.74. The van der Waals surface area contributed by atoms with E-state index in [9.17, 15) is 0 Å². The van der Waals surface area contributed by atoms with E-state index in [4.69, 9.17) is 11.6 Å². The molecule has 0 spiro atoms. The van der Waals surface area contributed by atoms with E-state index >= 15 is 0 Å². The van der Waals surface area contributed by atoms with Crippen LogP contribution in [-0.2, 0) is 20.0 Å². The molecule has 0 aliphatic rings. The van der Waals surface area contributed by atoms with E-state index in [1.54, 1.807) is 0 Å². The van der Waals surface area contributed by atoms with Crippen LogP contribution in [-0.4, -0.2) is 33.8 Å². The first-order valence-electron chi connectivity index (χ1n) is 7.71. The Labute approximate surface area is 142 Å². The van der Waals surface area contributed by atoms with Gasteiger partial charge in [-0.3, -0.25) is 0 Å². The van der Waals surface area contributed by atoms with Gasteiger partial charge in [0.25, 0.3) is 0 Å². The van der Waals surface area contributed by atoms with Gasteiger partial charge in [-0.2, -0.15) is 0 Å². The highest BCUT2D eigenvalue weighted by Crippen LogP contribution is 2.10. The molecule has 23 heavy (non-hydrogen) atoms. The lowest BCUT2D eigenvalue weighted by molar-refractivity contribution is 0.753. The molecule has 2 rings (SSSR count). The number of aryl methyl sites for hydroxylation is 1. The topological polar surface area (TPSA) is 67.1 Å². The van der Waals surface area contributed by atoms with Crippen molar-refractivity contribution in [3.63, 3.8) is 0 Å². The van der Waals surface area contributed by atoms with Crippen molar-refractivity contribution in [2.45, 2.75) is 26.8 Å². The Morgan fingerprint density at radius 2 is 2.13 bits per heavy atom. The van der Waals surface area contributed by atoms with Gasteiger partial charge in [0.05, 0.1) is 0 Å². The minimum atomic E-state index is 0.490. The van der Waals surface area contributed by atoms with Crippen LogP contribution in [0.5, 0.6) is 0 Å². The van der Waals surface area contributed by atoms with Crippen molar-refractivity contribution in [1.29, 1.82) is 0 Å². The molecule has 1 aromatic heterocycles. The van der Waals surface area contributed by atoms with Crippen molar-refractivity contribution >= 4 is 17.6 Å². The lowest BCUT2D eigenvalue weighted by Crippen LogP contribution is -2.38. The number of nitrogens with one attached hydrogen (secondary N) is 2. The van der Waals surface area contributed by atoms with Crippen LogP contribution in [0.4, 0.5) is 0 Å². The van der Waals surface area contributed by atoms with Gasteiger partial charge in [0, 0.05) is 25.2 Å². The summed E-state index contributed by atoms with van der Waals surface area (Å²) in [6.45, 7) is 6.05. The van der Waals surface area contributed by atoms with Crippen molar-refractivity contribution in [2.75, 3.05) is 13.1 Å². The van der Waals surface area contributed by atoms with Crippen LogP contribution in [0.1, 0.15) is 24.1 Å². The largest absolute Gasteiger partial charge is 0.357 e. The Balaban J connectivity index is 1.90. The molecule has 2 N–H and O–H groups in total. The number of nitrogens with zero attached hydrogens (tertiary/aromatic N) is 4. The summed E-state index contributed by atoms with van der Waals surface area (Å²) >= 11 is 6.00. The van der Waals surface area contributed by atoms with Gasteiger partial charge < -0.3 is 15.2 Å². The van der Waals surface area contributed by atoms with Gasteiger partial charge in [-0.15, -0.1) is 10.2 Å². The van der Waals surface area contributed by atoms with Crippen LogP contribution in [0.2, 0.25) is 5.02 Å². The Morgan fingerprint density at radius 3 is 2.78 bits per heavy atom. The average Bonchev–Trinajstić information content (AvgIpc) is 2.84. The summed E-state index contributed by atoms with van der Waals surface area (Å²) in [6, 6.07) is 7.90. The van der Waals surface area contributed by atoms with Gasteiger partial charge in [0.2, 0.25) is 0 Å². The molecule has 0 bridgehead atoms. The molecule has 0 amide bonds. The number of guanidine groups is 1. The molecule has 0 saturated carbocycles. The standard InChI is InChI=1S/C16H23ClN6/c1-4-18-16(20-11-15-22-21-12(2)23(15)3)19-9-8-13-6-5-7-14(17)10-13/h5-7,10H,4,8-9,11H2,1-3H3,(H2,18,19,20). The monoisotopic (exact) mass is 334 g/mol. The third-order valence-electron chi connectivity index (χ3n) is 3.50. The van der Waals surface area contributed by atoms with Crippen molar-refractivity contribution in [2.24, 2.45) is 12.0 Å². The Kier molecular flexibility index (Phi) is 6.40. The second-order valence-electron chi connectivity index (χ2n) is 5.22. The maximum Gasteiger partial charge on any atom is 0.191 e. The zero-order valence-electron chi connectivity index (χ0n) is 13.8. The van der Waals surface area contributed by atoms with Crippen molar-refractivity contribution in [3.8, 4) is 0 Å². The van der Waals surface area contributed by atoms with Crippen molar-refractivity contribution in [1.82, 2.24) is 25.4 Å². The van der Waals surface area contributed by atoms with Crippen LogP contribution >= 0.6 is 11.6 Å². The fraction of sp³-hybridized carbons (Fsp3) is 0.438. The van der Waals surface area contributed by atoms with E-state index in [-0.39, 0.29) is 0 Å². The first-order valence-corrected chi connectivity index (χ1v) is 8.09. The lowest BCUT2D eigenvalue weighted by Gasteiger charge is -2.11. The summed E-state index contributed by atoms with van der Waals surface area (Å²) in [5.41, 5.74) is 1.20. The number of aliphatic imine (C=N–C) groups is 1.